The largest absolute Gasteiger partial charge is 0.481 e. The van der Waals surface area contributed by atoms with Gasteiger partial charge >= 0.3 is 5.97 Å². The maximum atomic E-state index is 14.1. The number of rotatable bonds is 5. The third kappa shape index (κ3) is 3.90. The number of carbonyl (C=O) groups is 3. The first kappa shape index (κ1) is 19.2. The number of hydrogen-bond acceptors (Lipinski definition) is 4. The van der Waals surface area contributed by atoms with E-state index in [4.69, 9.17) is 16.2 Å². The standard InChI is InChI=1S/C20H18FN3O4/c21-16-8-12(19(22)23)3-5-15(16)20(28)24-13-4-6-14-10(7-13)1-2-11(18(14)27)9-17(25)26/h3-8,11H,1-2,9H2,(H3,22,23)(H,24,28)(H,25,26). The lowest BCUT2D eigenvalue weighted by Crippen LogP contribution is -2.25. The predicted octanol–water partition coefficient (Wildman–Crippen LogP) is 2.58. The van der Waals surface area contributed by atoms with E-state index < -0.39 is 23.6 Å². The fraction of sp³-hybridized carbons (Fsp3) is 0.200. The van der Waals surface area contributed by atoms with Crippen LogP contribution < -0.4 is 11.1 Å². The number of aliphatic carboxylic acids is 1. The minimum Gasteiger partial charge on any atom is -0.481 e. The number of carboxylic acids is 1. The van der Waals surface area contributed by atoms with Crippen LogP contribution in [0.25, 0.3) is 0 Å². The van der Waals surface area contributed by atoms with Crippen LogP contribution in [-0.4, -0.2) is 28.6 Å². The molecule has 2 aromatic rings. The number of hydrogen-bond donors (Lipinski definition) is 4. The van der Waals surface area contributed by atoms with E-state index in [1.165, 1.54) is 18.2 Å². The minimum absolute atomic E-state index is 0.178. The Kier molecular flexibility index (Phi) is 5.21. The van der Waals surface area contributed by atoms with Crippen LogP contribution in [0.1, 0.15) is 44.7 Å². The van der Waals surface area contributed by atoms with E-state index in [0.717, 1.165) is 11.6 Å². The summed E-state index contributed by atoms with van der Waals surface area (Å²) in [4.78, 5) is 35.6. The van der Waals surface area contributed by atoms with Gasteiger partial charge in [-0.1, -0.05) is 6.07 Å². The topological polar surface area (TPSA) is 133 Å². The Hall–Kier alpha value is -3.55. The molecular weight excluding hydrogens is 365 g/mol. The van der Waals surface area contributed by atoms with Crippen LogP contribution in [0.3, 0.4) is 0 Å². The molecule has 1 atom stereocenters. The highest BCUT2D eigenvalue weighted by Crippen LogP contribution is 2.30. The zero-order valence-corrected chi connectivity index (χ0v) is 14.8. The van der Waals surface area contributed by atoms with Crippen LogP contribution in [0.5, 0.6) is 0 Å². The molecule has 1 amide bonds. The third-order valence-electron chi connectivity index (χ3n) is 4.71. The molecule has 1 aliphatic rings. The Morgan fingerprint density at radius 1 is 1.25 bits per heavy atom. The smallest absolute Gasteiger partial charge is 0.304 e. The van der Waals surface area contributed by atoms with Crippen molar-refractivity contribution in [3.05, 3.63) is 64.5 Å². The molecular formula is C20H18FN3O4. The minimum atomic E-state index is -1.01. The van der Waals surface area contributed by atoms with Gasteiger partial charge < -0.3 is 16.2 Å². The second kappa shape index (κ2) is 7.59. The van der Waals surface area contributed by atoms with Gasteiger partial charge in [0.15, 0.2) is 5.78 Å². The average Bonchev–Trinajstić information content (AvgIpc) is 2.63. The van der Waals surface area contributed by atoms with Crippen LogP contribution in [0, 0.1) is 17.1 Å². The van der Waals surface area contributed by atoms with Gasteiger partial charge in [0.1, 0.15) is 11.7 Å². The molecule has 0 saturated carbocycles. The highest BCUT2D eigenvalue weighted by Gasteiger charge is 2.29. The Morgan fingerprint density at radius 2 is 2.00 bits per heavy atom. The molecule has 7 nitrogen and oxygen atoms in total. The number of halogens is 1. The monoisotopic (exact) mass is 383 g/mol. The summed E-state index contributed by atoms with van der Waals surface area (Å²) in [5, 5.41) is 18.8. The van der Waals surface area contributed by atoms with Crippen molar-refractivity contribution >= 4 is 29.2 Å². The van der Waals surface area contributed by atoms with Gasteiger partial charge in [-0.15, -0.1) is 0 Å². The van der Waals surface area contributed by atoms with E-state index in [9.17, 15) is 18.8 Å². The number of amides is 1. The molecule has 1 aliphatic carbocycles. The van der Waals surface area contributed by atoms with Gasteiger partial charge in [0.05, 0.1) is 12.0 Å². The van der Waals surface area contributed by atoms with Gasteiger partial charge in [-0.05, 0) is 48.7 Å². The molecule has 0 heterocycles. The molecule has 28 heavy (non-hydrogen) atoms. The number of carboxylic acid groups (broad SMARTS) is 1. The molecule has 8 heteroatoms. The van der Waals surface area contributed by atoms with Crippen molar-refractivity contribution in [2.24, 2.45) is 11.7 Å². The fourth-order valence-corrected chi connectivity index (χ4v) is 3.27. The fourth-order valence-electron chi connectivity index (χ4n) is 3.27. The number of carbonyl (C=O) groups excluding carboxylic acids is 2. The second-order valence-corrected chi connectivity index (χ2v) is 6.63. The molecule has 0 fully saturated rings. The molecule has 0 spiro atoms. The molecule has 0 aromatic heterocycles. The van der Waals surface area contributed by atoms with Gasteiger partial charge in [-0.2, -0.15) is 0 Å². The molecule has 1 unspecified atom stereocenters. The summed E-state index contributed by atoms with van der Waals surface area (Å²) in [6, 6.07) is 8.37. The molecule has 0 aliphatic heterocycles. The highest BCUT2D eigenvalue weighted by atomic mass is 19.1. The Bertz CT molecular complexity index is 1000. The van der Waals surface area contributed by atoms with Crippen molar-refractivity contribution in [3.63, 3.8) is 0 Å². The summed E-state index contributed by atoms with van der Waals surface area (Å²) in [6.45, 7) is 0. The van der Waals surface area contributed by atoms with Crippen molar-refractivity contribution in [2.75, 3.05) is 5.32 Å². The molecule has 0 saturated heterocycles. The van der Waals surface area contributed by atoms with E-state index in [-0.39, 0.29) is 29.2 Å². The average molecular weight is 383 g/mol. The number of anilines is 1. The molecule has 144 valence electrons. The lowest BCUT2D eigenvalue weighted by atomic mass is 9.81. The second-order valence-electron chi connectivity index (χ2n) is 6.63. The van der Waals surface area contributed by atoms with E-state index in [1.807, 2.05) is 0 Å². The number of fused-ring (bicyclic) bond motifs is 1. The maximum Gasteiger partial charge on any atom is 0.304 e. The number of amidine groups is 1. The van der Waals surface area contributed by atoms with Crippen molar-refractivity contribution < 1.29 is 23.9 Å². The summed E-state index contributed by atoms with van der Waals surface area (Å²) in [5.74, 6) is -3.53. The normalized spacial score (nSPS) is 15.6. The number of nitrogen functional groups attached to an aromatic ring is 1. The first-order chi connectivity index (χ1) is 13.3. The molecule has 3 rings (SSSR count). The number of benzene rings is 2. The van der Waals surface area contributed by atoms with Gasteiger partial charge in [0.2, 0.25) is 0 Å². The number of ketones is 1. The van der Waals surface area contributed by atoms with Gasteiger partial charge in [-0.3, -0.25) is 19.8 Å². The first-order valence-electron chi connectivity index (χ1n) is 8.60. The SMILES string of the molecule is N=C(N)c1ccc(C(=O)Nc2ccc3c(c2)CCC(CC(=O)O)C3=O)c(F)c1. The van der Waals surface area contributed by atoms with E-state index in [1.54, 1.807) is 12.1 Å². The first-order valence-corrected chi connectivity index (χ1v) is 8.60. The third-order valence-corrected chi connectivity index (χ3v) is 4.71. The van der Waals surface area contributed by atoms with Crippen LogP contribution in [0.4, 0.5) is 10.1 Å². The molecule has 5 N–H and O–H groups in total. The Morgan fingerprint density at radius 3 is 2.64 bits per heavy atom. The van der Waals surface area contributed by atoms with Crippen LogP contribution in [0.15, 0.2) is 36.4 Å². The number of nitrogens with two attached hydrogens (primary N) is 1. The molecule has 0 bridgehead atoms. The quantitative estimate of drug-likeness (QED) is 0.465. The zero-order valence-electron chi connectivity index (χ0n) is 14.8. The number of nitrogens with one attached hydrogen (secondary N) is 2. The van der Waals surface area contributed by atoms with Crippen molar-refractivity contribution in [3.8, 4) is 0 Å². The molecule has 0 radical (unpaired) electrons. The van der Waals surface area contributed by atoms with Gasteiger partial charge in [-0.25, -0.2) is 4.39 Å². The zero-order chi connectivity index (χ0) is 20.4. The summed E-state index contributed by atoms with van der Waals surface area (Å²) in [7, 11) is 0. The van der Waals surface area contributed by atoms with Gasteiger partial charge in [0, 0.05) is 22.7 Å². The van der Waals surface area contributed by atoms with E-state index >= 15 is 0 Å². The number of Topliss-reactive ketones (excluding diaryl/α,β-unsaturated/α-hetero) is 1. The van der Waals surface area contributed by atoms with Crippen LogP contribution in [0.2, 0.25) is 0 Å². The summed E-state index contributed by atoms with van der Waals surface area (Å²) >= 11 is 0. The number of aryl methyl sites for hydroxylation is 1. The predicted molar refractivity (Wildman–Crippen MR) is 100 cm³/mol. The van der Waals surface area contributed by atoms with Crippen molar-refractivity contribution in [1.29, 1.82) is 5.41 Å². The molecule has 2 aromatic carbocycles. The Labute approximate surface area is 159 Å². The van der Waals surface area contributed by atoms with Crippen LogP contribution >= 0.6 is 0 Å². The van der Waals surface area contributed by atoms with Crippen molar-refractivity contribution in [2.45, 2.75) is 19.3 Å². The summed E-state index contributed by atoms with van der Waals surface area (Å²) in [5.41, 5.74) is 6.86. The van der Waals surface area contributed by atoms with Gasteiger partial charge in [0.25, 0.3) is 5.91 Å². The van der Waals surface area contributed by atoms with Crippen molar-refractivity contribution in [1.82, 2.24) is 0 Å². The lowest BCUT2D eigenvalue weighted by molar-refractivity contribution is -0.137. The summed E-state index contributed by atoms with van der Waals surface area (Å²) in [6.07, 6.45) is 0.743. The highest BCUT2D eigenvalue weighted by molar-refractivity contribution is 6.06. The van der Waals surface area contributed by atoms with Crippen LogP contribution in [-0.2, 0) is 11.2 Å². The Balaban J connectivity index is 1.78. The lowest BCUT2D eigenvalue weighted by Gasteiger charge is -2.22. The maximum absolute atomic E-state index is 14.1. The summed E-state index contributed by atoms with van der Waals surface area (Å²) < 4.78 is 14.1. The van der Waals surface area contributed by atoms with E-state index in [2.05, 4.69) is 5.32 Å². The van der Waals surface area contributed by atoms with E-state index in [0.29, 0.717) is 24.1 Å².